The van der Waals surface area contributed by atoms with Crippen molar-refractivity contribution >= 4 is 11.9 Å². The van der Waals surface area contributed by atoms with Gasteiger partial charge < -0.3 is 10.1 Å². The second kappa shape index (κ2) is 10.0. The summed E-state index contributed by atoms with van der Waals surface area (Å²) in [5, 5.41) is 5.00. The van der Waals surface area contributed by atoms with Crippen molar-refractivity contribution in [3.63, 3.8) is 0 Å². The van der Waals surface area contributed by atoms with Crippen LogP contribution in [0.4, 0.5) is 4.79 Å². The molecular weight excluding hydrogens is 320 g/mol. The Bertz CT molecular complexity index is 543. The lowest BCUT2D eigenvalue weighted by molar-refractivity contribution is -0.121. The fraction of sp³-hybridized carbons (Fsp3) is 0.556. The Hall–Kier alpha value is -2.12. The molecule has 7 nitrogen and oxygen atoms in total. The van der Waals surface area contributed by atoms with Gasteiger partial charge in [0.2, 0.25) is 5.91 Å². The third-order valence-electron chi connectivity index (χ3n) is 3.92. The predicted octanol–water partition coefficient (Wildman–Crippen LogP) is 0.917. The maximum atomic E-state index is 11.9. The number of piperazine rings is 1. The van der Waals surface area contributed by atoms with Gasteiger partial charge in [-0.15, -0.1) is 0 Å². The number of para-hydroxylation sites is 1. The summed E-state index contributed by atoms with van der Waals surface area (Å²) in [6.45, 7) is 8.88. The molecule has 1 aliphatic heterocycles. The highest BCUT2D eigenvalue weighted by Gasteiger charge is 2.19. The van der Waals surface area contributed by atoms with E-state index >= 15 is 0 Å². The Labute approximate surface area is 149 Å². The molecule has 2 rings (SSSR count). The van der Waals surface area contributed by atoms with Gasteiger partial charge in [0.25, 0.3) is 0 Å². The third kappa shape index (κ3) is 7.53. The van der Waals surface area contributed by atoms with Gasteiger partial charge in [0.1, 0.15) is 12.4 Å². The highest BCUT2D eigenvalue weighted by atomic mass is 16.5. The number of imide groups is 1. The van der Waals surface area contributed by atoms with Gasteiger partial charge in [-0.1, -0.05) is 18.2 Å². The number of nitrogens with one attached hydrogen (secondary N) is 2. The summed E-state index contributed by atoms with van der Waals surface area (Å²) in [6.07, 6.45) is 0. The molecule has 7 heteroatoms. The summed E-state index contributed by atoms with van der Waals surface area (Å²) in [6, 6.07) is 9.36. The SMILES string of the molecule is CC(C)NC(=O)NC(=O)CN1CCN(CCOc2ccccc2)CC1. The average molecular weight is 348 g/mol. The predicted molar refractivity (Wildman–Crippen MR) is 96.6 cm³/mol. The van der Waals surface area contributed by atoms with Crippen molar-refractivity contribution in [3.05, 3.63) is 30.3 Å². The standard InChI is InChI=1S/C18H28N4O3/c1-15(2)19-18(24)20-17(23)14-22-10-8-21(9-11-22)12-13-25-16-6-4-3-5-7-16/h3-7,15H,8-14H2,1-2H3,(H2,19,20,23,24). The zero-order chi connectivity index (χ0) is 18.1. The maximum Gasteiger partial charge on any atom is 0.321 e. The van der Waals surface area contributed by atoms with Crippen molar-refractivity contribution in [3.8, 4) is 5.75 Å². The summed E-state index contributed by atoms with van der Waals surface area (Å²) >= 11 is 0. The zero-order valence-corrected chi connectivity index (χ0v) is 15.0. The minimum absolute atomic E-state index is 0.00875. The summed E-state index contributed by atoms with van der Waals surface area (Å²) in [7, 11) is 0. The van der Waals surface area contributed by atoms with E-state index in [1.165, 1.54) is 0 Å². The second-order valence-corrected chi connectivity index (χ2v) is 6.46. The van der Waals surface area contributed by atoms with Gasteiger partial charge in [-0.25, -0.2) is 4.79 Å². The van der Waals surface area contributed by atoms with Crippen molar-refractivity contribution in [1.82, 2.24) is 20.4 Å². The van der Waals surface area contributed by atoms with Gasteiger partial charge in [0.15, 0.2) is 0 Å². The lowest BCUT2D eigenvalue weighted by Crippen LogP contribution is -2.52. The molecule has 1 aromatic carbocycles. The molecule has 1 saturated heterocycles. The van der Waals surface area contributed by atoms with E-state index in [0.717, 1.165) is 38.5 Å². The summed E-state index contributed by atoms with van der Waals surface area (Å²) in [4.78, 5) is 27.8. The van der Waals surface area contributed by atoms with E-state index in [4.69, 9.17) is 4.74 Å². The molecule has 0 atom stereocenters. The minimum atomic E-state index is -0.434. The Kier molecular flexibility index (Phi) is 7.69. The first-order chi connectivity index (χ1) is 12.0. The fourth-order valence-electron chi connectivity index (χ4n) is 2.65. The Balaban J connectivity index is 1.59. The molecule has 25 heavy (non-hydrogen) atoms. The Morgan fingerprint density at radius 1 is 1.08 bits per heavy atom. The molecule has 0 spiro atoms. The topological polar surface area (TPSA) is 73.9 Å². The Morgan fingerprint density at radius 3 is 2.36 bits per heavy atom. The van der Waals surface area contributed by atoms with E-state index in [-0.39, 0.29) is 18.5 Å². The lowest BCUT2D eigenvalue weighted by Gasteiger charge is -2.34. The quantitative estimate of drug-likeness (QED) is 0.766. The molecule has 0 aromatic heterocycles. The van der Waals surface area contributed by atoms with Crippen LogP contribution in [0.25, 0.3) is 0 Å². The number of hydrogen-bond donors (Lipinski definition) is 2. The normalized spacial score (nSPS) is 15.8. The fourth-order valence-corrected chi connectivity index (χ4v) is 2.65. The molecule has 1 heterocycles. The maximum absolute atomic E-state index is 11.9. The van der Waals surface area contributed by atoms with Crippen LogP contribution in [0.15, 0.2) is 30.3 Å². The number of nitrogens with zero attached hydrogens (tertiary/aromatic N) is 2. The number of carbonyl (C=O) groups is 2. The molecule has 0 unspecified atom stereocenters. The van der Waals surface area contributed by atoms with E-state index in [1.54, 1.807) is 0 Å². The highest BCUT2D eigenvalue weighted by Crippen LogP contribution is 2.08. The smallest absolute Gasteiger partial charge is 0.321 e. The van der Waals surface area contributed by atoms with Crippen molar-refractivity contribution in [2.24, 2.45) is 0 Å². The van der Waals surface area contributed by atoms with E-state index in [2.05, 4.69) is 20.4 Å². The molecule has 1 fully saturated rings. The monoisotopic (exact) mass is 348 g/mol. The minimum Gasteiger partial charge on any atom is -0.492 e. The van der Waals surface area contributed by atoms with Crippen molar-refractivity contribution in [2.75, 3.05) is 45.9 Å². The first-order valence-electron chi connectivity index (χ1n) is 8.76. The molecule has 0 radical (unpaired) electrons. The van der Waals surface area contributed by atoms with Gasteiger partial charge in [0, 0.05) is 38.8 Å². The molecule has 1 aliphatic rings. The molecule has 0 aliphatic carbocycles. The number of ether oxygens (including phenoxy) is 1. The molecule has 0 bridgehead atoms. The van der Waals surface area contributed by atoms with Gasteiger partial charge >= 0.3 is 6.03 Å². The first kappa shape index (κ1) is 19.2. The van der Waals surface area contributed by atoms with Crippen LogP contribution in [0.5, 0.6) is 5.75 Å². The van der Waals surface area contributed by atoms with Gasteiger partial charge in [0.05, 0.1) is 6.54 Å². The van der Waals surface area contributed by atoms with Crippen molar-refractivity contribution in [2.45, 2.75) is 19.9 Å². The van der Waals surface area contributed by atoms with Gasteiger partial charge in [-0.2, -0.15) is 0 Å². The van der Waals surface area contributed by atoms with Crippen LogP contribution in [-0.2, 0) is 4.79 Å². The van der Waals surface area contributed by atoms with Crippen LogP contribution >= 0.6 is 0 Å². The summed E-state index contributed by atoms with van der Waals surface area (Å²) in [5.41, 5.74) is 0. The second-order valence-electron chi connectivity index (χ2n) is 6.46. The van der Waals surface area contributed by atoms with E-state index < -0.39 is 6.03 Å². The van der Waals surface area contributed by atoms with Crippen LogP contribution in [0.1, 0.15) is 13.8 Å². The highest BCUT2D eigenvalue weighted by molar-refractivity contribution is 5.95. The number of urea groups is 1. The van der Waals surface area contributed by atoms with Crippen LogP contribution in [0.3, 0.4) is 0 Å². The van der Waals surface area contributed by atoms with Crippen molar-refractivity contribution < 1.29 is 14.3 Å². The molecular formula is C18H28N4O3. The van der Waals surface area contributed by atoms with Crippen LogP contribution in [0, 0.1) is 0 Å². The Morgan fingerprint density at radius 2 is 1.72 bits per heavy atom. The van der Waals surface area contributed by atoms with E-state index in [1.807, 2.05) is 44.2 Å². The van der Waals surface area contributed by atoms with Gasteiger partial charge in [-0.3, -0.25) is 19.9 Å². The lowest BCUT2D eigenvalue weighted by atomic mass is 10.3. The van der Waals surface area contributed by atoms with Crippen LogP contribution < -0.4 is 15.4 Å². The zero-order valence-electron chi connectivity index (χ0n) is 15.0. The largest absolute Gasteiger partial charge is 0.492 e. The molecule has 0 saturated carbocycles. The number of amides is 3. The van der Waals surface area contributed by atoms with Crippen LogP contribution in [0.2, 0.25) is 0 Å². The number of benzene rings is 1. The van der Waals surface area contributed by atoms with E-state index in [0.29, 0.717) is 6.61 Å². The molecule has 1 aromatic rings. The first-order valence-corrected chi connectivity index (χ1v) is 8.76. The molecule has 2 N–H and O–H groups in total. The van der Waals surface area contributed by atoms with Crippen molar-refractivity contribution in [1.29, 1.82) is 0 Å². The number of carbonyl (C=O) groups excluding carboxylic acids is 2. The summed E-state index contributed by atoms with van der Waals surface area (Å²) < 4.78 is 5.71. The summed E-state index contributed by atoms with van der Waals surface area (Å²) in [5.74, 6) is 0.622. The van der Waals surface area contributed by atoms with E-state index in [9.17, 15) is 9.59 Å². The van der Waals surface area contributed by atoms with Gasteiger partial charge in [-0.05, 0) is 26.0 Å². The third-order valence-corrected chi connectivity index (χ3v) is 3.92. The molecule has 138 valence electrons. The average Bonchev–Trinajstić information content (AvgIpc) is 2.56. The van der Waals surface area contributed by atoms with Crippen LogP contribution in [-0.4, -0.2) is 73.7 Å². The number of rotatable bonds is 7. The molecule has 3 amide bonds. The number of hydrogen-bond acceptors (Lipinski definition) is 5.